The monoisotopic (exact) mass is 441 g/mol. The number of aryl methyl sites for hydroxylation is 2. The first-order valence-corrected chi connectivity index (χ1v) is 11.2. The molecule has 1 fully saturated rings. The second-order valence-electron chi connectivity index (χ2n) is 8.35. The first kappa shape index (κ1) is 23.7. The van der Waals surface area contributed by atoms with E-state index in [0.717, 1.165) is 24.4 Å². The number of carbonyl (C=O) groups excluding carboxylic acids is 1. The van der Waals surface area contributed by atoms with Gasteiger partial charge in [0.2, 0.25) is 5.91 Å². The Labute approximate surface area is 190 Å². The summed E-state index contributed by atoms with van der Waals surface area (Å²) in [6.45, 7) is 11.3. The van der Waals surface area contributed by atoms with Crippen LogP contribution in [-0.4, -0.2) is 67.7 Å². The van der Waals surface area contributed by atoms with E-state index >= 15 is 0 Å². The minimum absolute atomic E-state index is 0.00276. The average Bonchev–Trinajstić information content (AvgIpc) is 3.15. The number of carbonyl (C=O) groups is 1. The third-order valence-corrected chi connectivity index (χ3v) is 5.69. The molecule has 1 amide bonds. The van der Waals surface area contributed by atoms with Gasteiger partial charge >= 0.3 is 0 Å². The van der Waals surface area contributed by atoms with Crippen LogP contribution in [0.25, 0.3) is 0 Å². The summed E-state index contributed by atoms with van der Waals surface area (Å²) in [5, 5.41) is 17.2. The minimum atomic E-state index is -1.13. The molecule has 0 radical (unpaired) electrons. The number of amides is 1. The summed E-state index contributed by atoms with van der Waals surface area (Å²) in [5.74, 6) is 1.96. The Kier molecular flexibility index (Phi) is 7.80. The quantitative estimate of drug-likeness (QED) is 0.450. The molecule has 1 aromatic heterocycles. The van der Waals surface area contributed by atoms with Gasteiger partial charge in [0.15, 0.2) is 5.96 Å². The molecule has 0 saturated carbocycles. The molecule has 8 heteroatoms. The third kappa shape index (κ3) is 6.03. The van der Waals surface area contributed by atoms with Crippen molar-refractivity contribution in [1.29, 1.82) is 0 Å². The number of rotatable bonds is 7. The van der Waals surface area contributed by atoms with E-state index in [1.54, 1.807) is 6.92 Å². The summed E-state index contributed by atoms with van der Waals surface area (Å²) in [7, 11) is 0. The number of piperazine rings is 1. The van der Waals surface area contributed by atoms with Gasteiger partial charge in [-0.3, -0.25) is 4.79 Å². The molecule has 174 valence electrons. The summed E-state index contributed by atoms with van der Waals surface area (Å²) in [6, 6.07) is 12.1. The van der Waals surface area contributed by atoms with Crippen LogP contribution in [0.1, 0.15) is 30.9 Å². The van der Waals surface area contributed by atoms with Crippen LogP contribution < -0.4 is 15.5 Å². The lowest BCUT2D eigenvalue weighted by molar-refractivity contribution is -0.129. The number of anilines is 1. The first-order valence-electron chi connectivity index (χ1n) is 11.2. The lowest BCUT2D eigenvalue weighted by Crippen LogP contribution is -2.50. The summed E-state index contributed by atoms with van der Waals surface area (Å²) in [6.07, 6.45) is 0. The van der Waals surface area contributed by atoms with E-state index in [4.69, 9.17) is 4.42 Å². The fourth-order valence-corrected chi connectivity index (χ4v) is 3.96. The second kappa shape index (κ2) is 10.5. The van der Waals surface area contributed by atoms with Gasteiger partial charge in [0, 0.05) is 44.0 Å². The molecule has 0 spiro atoms. The number of hydrogen-bond donors (Lipinski definition) is 3. The summed E-state index contributed by atoms with van der Waals surface area (Å²) >= 11 is 0. The number of para-hydroxylation sites is 1. The van der Waals surface area contributed by atoms with Crippen LogP contribution in [0.5, 0.6) is 0 Å². The molecule has 1 aliphatic heterocycles. The van der Waals surface area contributed by atoms with Crippen molar-refractivity contribution in [3.05, 3.63) is 53.5 Å². The molecule has 2 aromatic rings. The van der Waals surface area contributed by atoms with Crippen LogP contribution in [-0.2, 0) is 10.4 Å². The highest BCUT2D eigenvalue weighted by molar-refractivity contribution is 5.85. The van der Waals surface area contributed by atoms with Crippen molar-refractivity contribution < 1.29 is 14.3 Å². The molecular weight excluding hydrogens is 406 g/mol. The molecule has 0 bridgehead atoms. The number of guanidine groups is 1. The third-order valence-electron chi connectivity index (χ3n) is 5.69. The maximum Gasteiger partial charge on any atom is 0.244 e. The number of nitrogens with one attached hydrogen (secondary N) is 2. The predicted octanol–water partition coefficient (Wildman–Crippen LogP) is 2.01. The standard InChI is InChI=1S/C24H35N5O3/c1-5-25-23(27-17-24(4,31)21-15-18(2)32-19(21)3)26-16-22(30)29-13-11-28(12-14-29)20-9-7-6-8-10-20/h6-10,15,31H,5,11-14,16-17H2,1-4H3,(H2,25,26,27). The summed E-state index contributed by atoms with van der Waals surface area (Å²) in [5.41, 5.74) is 0.799. The van der Waals surface area contributed by atoms with Crippen LogP contribution in [0.4, 0.5) is 5.69 Å². The van der Waals surface area contributed by atoms with Crippen molar-refractivity contribution in [2.24, 2.45) is 4.99 Å². The summed E-state index contributed by atoms with van der Waals surface area (Å²) in [4.78, 5) is 21.3. The van der Waals surface area contributed by atoms with Crippen LogP contribution in [0.3, 0.4) is 0 Å². The van der Waals surface area contributed by atoms with Crippen molar-refractivity contribution in [2.75, 3.05) is 50.7 Å². The van der Waals surface area contributed by atoms with Gasteiger partial charge in [-0.1, -0.05) is 18.2 Å². The molecular formula is C24H35N5O3. The number of furan rings is 1. The molecule has 3 rings (SSSR count). The maximum absolute atomic E-state index is 12.7. The lowest BCUT2D eigenvalue weighted by atomic mass is 9.96. The van der Waals surface area contributed by atoms with Crippen molar-refractivity contribution in [2.45, 2.75) is 33.3 Å². The predicted molar refractivity (Wildman–Crippen MR) is 127 cm³/mol. The highest BCUT2D eigenvalue weighted by atomic mass is 16.3. The fourth-order valence-electron chi connectivity index (χ4n) is 3.96. The van der Waals surface area contributed by atoms with Gasteiger partial charge in [-0.15, -0.1) is 0 Å². The van der Waals surface area contributed by atoms with Crippen LogP contribution in [0, 0.1) is 13.8 Å². The van der Waals surface area contributed by atoms with Gasteiger partial charge in [0.1, 0.15) is 23.7 Å². The number of benzene rings is 1. The maximum atomic E-state index is 12.7. The van der Waals surface area contributed by atoms with E-state index in [2.05, 4.69) is 32.7 Å². The second-order valence-corrected chi connectivity index (χ2v) is 8.35. The molecule has 1 aliphatic rings. The van der Waals surface area contributed by atoms with Crippen molar-refractivity contribution in [3.63, 3.8) is 0 Å². The topological polar surface area (TPSA) is 93.3 Å². The van der Waals surface area contributed by atoms with Crippen molar-refractivity contribution >= 4 is 17.6 Å². The molecule has 1 unspecified atom stereocenters. The lowest BCUT2D eigenvalue weighted by Gasteiger charge is -2.36. The van der Waals surface area contributed by atoms with Crippen LogP contribution >= 0.6 is 0 Å². The SMILES string of the molecule is CCNC(=NCC(=O)N1CCN(c2ccccc2)CC1)NCC(C)(O)c1cc(C)oc1C. The van der Waals surface area contributed by atoms with Crippen LogP contribution in [0.15, 0.2) is 45.8 Å². The first-order chi connectivity index (χ1) is 15.3. The van der Waals surface area contributed by atoms with Crippen molar-refractivity contribution in [3.8, 4) is 0 Å². The Hall–Kier alpha value is -3.00. The van der Waals surface area contributed by atoms with Gasteiger partial charge in [0.25, 0.3) is 0 Å². The molecule has 32 heavy (non-hydrogen) atoms. The van der Waals surface area contributed by atoms with Crippen LogP contribution in [0.2, 0.25) is 0 Å². The zero-order chi connectivity index (χ0) is 23.1. The van der Waals surface area contributed by atoms with E-state index < -0.39 is 5.60 Å². The Bertz CT molecular complexity index is 915. The van der Waals surface area contributed by atoms with E-state index in [1.807, 2.05) is 49.9 Å². The van der Waals surface area contributed by atoms with Gasteiger partial charge in [-0.05, 0) is 45.9 Å². The largest absolute Gasteiger partial charge is 0.466 e. The number of aliphatic imine (C=N–C) groups is 1. The molecule has 1 aromatic carbocycles. The number of nitrogens with zero attached hydrogens (tertiary/aromatic N) is 3. The van der Waals surface area contributed by atoms with Gasteiger partial charge < -0.3 is 30.0 Å². The van der Waals surface area contributed by atoms with Gasteiger partial charge in [0.05, 0.1) is 6.54 Å². The van der Waals surface area contributed by atoms with Gasteiger partial charge in [-0.25, -0.2) is 4.99 Å². The minimum Gasteiger partial charge on any atom is -0.466 e. The van der Waals surface area contributed by atoms with Crippen molar-refractivity contribution in [1.82, 2.24) is 15.5 Å². The van der Waals surface area contributed by atoms with E-state index in [-0.39, 0.29) is 19.0 Å². The molecule has 1 saturated heterocycles. The molecule has 3 N–H and O–H groups in total. The Morgan fingerprint density at radius 3 is 2.44 bits per heavy atom. The Morgan fingerprint density at radius 2 is 1.84 bits per heavy atom. The van der Waals surface area contributed by atoms with E-state index in [0.29, 0.717) is 31.4 Å². The van der Waals surface area contributed by atoms with E-state index in [1.165, 1.54) is 5.69 Å². The molecule has 0 aliphatic carbocycles. The summed E-state index contributed by atoms with van der Waals surface area (Å²) < 4.78 is 5.55. The zero-order valence-corrected chi connectivity index (χ0v) is 19.5. The molecule has 8 nitrogen and oxygen atoms in total. The fraction of sp³-hybridized carbons (Fsp3) is 0.500. The Morgan fingerprint density at radius 1 is 1.16 bits per heavy atom. The highest BCUT2D eigenvalue weighted by Crippen LogP contribution is 2.26. The van der Waals surface area contributed by atoms with Gasteiger partial charge in [-0.2, -0.15) is 0 Å². The smallest absolute Gasteiger partial charge is 0.244 e. The molecule has 2 heterocycles. The number of aliphatic hydroxyl groups is 1. The number of hydrogen-bond acceptors (Lipinski definition) is 5. The van der Waals surface area contributed by atoms with E-state index in [9.17, 15) is 9.90 Å². The Balaban J connectivity index is 1.53. The average molecular weight is 442 g/mol. The molecule has 1 atom stereocenters. The normalized spacial score (nSPS) is 16.6. The highest BCUT2D eigenvalue weighted by Gasteiger charge is 2.28. The zero-order valence-electron chi connectivity index (χ0n) is 19.5.